The summed E-state index contributed by atoms with van der Waals surface area (Å²) >= 11 is 0. The molecule has 0 saturated heterocycles. The first-order valence-corrected chi connectivity index (χ1v) is 10.6. The lowest BCUT2D eigenvalue weighted by molar-refractivity contribution is -0.141. The molecule has 0 aliphatic carbocycles. The van der Waals surface area contributed by atoms with Crippen LogP contribution in [0.5, 0.6) is 0 Å². The van der Waals surface area contributed by atoms with Crippen LogP contribution in [0.3, 0.4) is 0 Å². The zero-order chi connectivity index (χ0) is 22.1. The first kappa shape index (κ1) is 22.9. The van der Waals surface area contributed by atoms with Crippen molar-refractivity contribution in [3.8, 4) is 0 Å². The number of anilines is 1. The van der Waals surface area contributed by atoms with Crippen LogP contribution in [0.1, 0.15) is 36.2 Å². The van der Waals surface area contributed by atoms with Gasteiger partial charge >= 0.3 is 6.18 Å². The van der Waals surface area contributed by atoms with E-state index in [-0.39, 0.29) is 16.3 Å². The second-order valence-electron chi connectivity index (χ2n) is 6.98. The maximum atomic E-state index is 13.0. The van der Waals surface area contributed by atoms with Gasteiger partial charge in [-0.2, -0.15) is 13.2 Å². The van der Waals surface area contributed by atoms with Crippen LogP contribution in [0.25, 0.3) is 0 Å². The topological polar surface area (TPSA) is 62.6 Å². The van der Waals surface area contributed by atoms with Gasteiger partial charge in [-0.3, -0.25) is 9.98 Å². The molecule has 158 valence electrons. The number of rotatable bonds is 5. The minimum Gasteiger partial charge on any atom is -0.377 e. The Labute approximate surface area is 169 Å². The Balaban J connectivity index is 2.73. The summed E-state index contributed by atoms with van der Waals surface area (Å²) in [5.41, 5.74) is 1.77. The van der Waals surface area contributed by atoms with Gasteiger partial charge in [-0.1, -0.05) is 6.92 Å². The number of pyridine rings is 1. The van der Waals surface area contributed by atoms with Crippen molar-refractivity contribution < 1.29 is 21.6 Å². The number of hydrogen-bond acceptors (Lipinski definition) is 5. The van der Waals surface area contributed by atoms with Crippen LogP contribution in [-0.2, 0) is 16.0 Å². The molecule has 5 nitrogen and oxygen atoms in total. The molecule has 0 unspecified atom stereocenters. The zero-order valence-corrected chi connectivity index (χ0v) is 18.0. The van der Waals surface area contributed by atoms with Crippen molar-refractivity contribution in [2.24, 2.45) is 4.99 Å². The lowest BCUT2D eigenvalue weighted by atomic mass is 10.1. The molecular weight excluding hydrogens is 403 g/mol. The summed E-state index contributed by atoms with van der Waals surface area (Å²) in [6.07, 6.45) is -3.48. The zero-order valence-electron chi connectivity index (χ0n) is 17.2. The molecule has 0 N–H and O–H groups in total. The smallest absolute Gasteiger partial charge is 0.377 e. The van der Waals surface area contributed by atoms with Gasteiger partial charge in [0, 0.05) is 37.3 Å². The Kier molecular flexibility index (Phi) is 6.42. The Morgan fingerprint density at radius 1 is 1.14 bits per heavy atom. The number of benzene rings is 1. The molecule has 2 aromatic rings. The molecule has 0 bridgehead atoms. The van der Waals surface area contributed by atoms with Gasteiger partial charge in [0.05, 0.1) is 16.3 Å². The number of aromatic nitrogens is 1. The molecule has 0 aliphatic heterocycles. The van der Waals surface area contributed by atoms with E-state index in [0.717, 1.165) is 23.5 Å². The van der Waals surface area contributed by atoms with E-state index in [1.165, 1.54) is 0 Å². The van der Waals surface area contributed by atoms with Gasteiger partial charge in [0.2, 0.25) is 0 Å². The third kappa shape index (κ3) is 4.95. The molecular formula is C20H24F3N3O2S. The van der Waals surface area contributed by atoms with Crippen LogP contribution in [0.4, 0.5) is 24.5 Å². The van der Waals surface area contributed by atoms with Crippen LogP contribution in [0.15, 0.2) is 34.3 Å². The fourth-order valence-corrected chi connectivity index (χ4v) is 4.03. The molecule has 0 amide bonds. The van der Waals surface area contributed by atoms with Crippen molar-refractivity contribution in [1.82, 2.24) is 4.98 Å². The Morgan fingerprint density at radius 3 is 2.28 bits per heavy atom. The fourth-order valence-electron chi connectivity index (χ4n) is 2.88. The maximum Gasteiger partial charge on any atom is 0.433 e. The quantitative estimate of drug-likeness (QED) is 0.648. The molecule has 0 atom stereocenters. The van der Waals surface area contributed by atoms with Gasteiger partial charge in [0.15, 0.2) is 9.84 Å². The van der Waals surface area contributed by atoms with E-state index in [9.17, 15) is 21.6 Å². The maximum absolute atomic E-state index is 13.0. The molecule has 1 aromatic carbocycles. The SMILES string of the molecule is CCS(=O)(=O)c1cc(N(C)C)c(C)cc1C(C)=Nc1cc(C(F)(F)F)ncc1C. The molecule has 29 heavy (non-hydrogen) atoms. The Hall–Kier alpha value is -2.42. The number of nitrogens with zero attached hydrogens (tertiary/aromatic N) is 3. The van der Waals surface area contributed by atoms with Crippen molar-refractivity contribution in [2.45, 2.75) is 38.8 Å². The molecule has 0 radical (unpaired) electrons. The van der Waals surface area contributed by atoms with Crippen LogP contribution < -0.4 is 4.90 Å². The normalized spacial score (nSPS) is 12.9. The first-order chi connectivity index (χ1) is 13.3. The number of sulfone groups is 1. The van der Waals surface area contributed by atoms with Crippen LogP contribution in [0, 0.1) is 13.8 Å². The largest absolute Gasteiger partial charge is 0.433 e. The van der Waals surface area contributed by atoms with E-state index in [4.69, 9.17) is 0 Å². The van der Waals surface area contributed by atoms with Gasteiger partial charge in [0.25, 0.3) is 0 Å². The average Bonchev–Trinajstić information content (AvgIpc) is 2.61. The molecule has 9 heteroatoms. The van der Waals surface area contributed by atoms with E-state index < -0.39 is 21.7 Å². The minimum atomic E-state index is -4.59. The highest BCUT2D eigenvalue weighted by atomic mass is 32.2. The summed E-state index contributed by atoms with van der Waals surface area (Å²) in [6.45, 7) is 6.58. The van der Waals surface area contributed by atoms with Gasteiger partial charge in [-0.15, -0.1) is 0 Å². The lowest BCUT2D eigenvalue weighted by Gasteiger charge is -2.20. The number of hydrogen-bond donors (Lipinski definition) is 0. The predicted molar refractivity (Wildman–Crippen MR) is 109 cm³/mol. The summed E-state index contributed by atoms with van der Waals surface area (Å²) < 4.78 is 64.4. The highest BCUT2D eigenvalue weighted by Gasteiger charge is 2.33. The molecule has 0 saturated carbocycles. The third-order valence-electron chi connectivity index (χ3n) is 4.54. The second-order valence-corrected chi connectivity index (χ2v) is 9.23. The predicted octanol–water partition coefficient (Wildman–Crippen LogP) is 4.72. The van der Waals surface area contributed by atoms with Crippen molar-refractivity contribution in [1.29, 1.82) is 0 Å². The van der Waals surface area contributed by atoms with Crippen molar-refractivity contribution in [2.75, 3.05) is 24.7 Å². The Bertz CT molecular complexity index is 1060. The second kappa shape index (κ2) is 8.14. The fraction of sp³-hybridized carbons (Fsp3) is 0.400. The van der Waals surface area contributed by atoms with E-state index in [0.29, 0.717) is 16.8 Å². The number of aliphatic imine (C=N–C) groups is 1. The Morgan fingerprint density at radius 2 is 1.76 bits per heavy atom. The summed E-state index contributed by atoms with van der Waals surface area (Å²) in [4.78, 5) is 9.65. The summed E-state index contributed by atoms with van der Waals surface area (Å²) in [7, 11) is 0.0393. The highest BCUT2D eigenvalue weighted by Crippen LogP contribution is 2.33. The van der Waals surface area contributed by atoms with Crippen molar-refractivity contribution in [3.63, 3.8) is 0 Å². The number of alkyl halides is 3. The number of halogens is 3. The third-order valence-corrected chi connectivity index (χ3v) is 6.31. The van der Waals surface area contributed by atoms with Crippen LogP contribution in [-0.4, -0.2) is 39.0 Å². The van der Waals surface area contributed by atoms with E-state index in [1.807, 2.05) is 25.9 Å². The summed E-state index contributed by atoms with van der Waals surface area (Å²) in [5.74, 6) is -0.101. The molecule has 0 spiro atoms. The van der Waals surface area contributed by atoms with Crippen molar-refractivity contribution >= 4 is 26.9 Å². The first-order valence-electron chi connectivity index (χ1n) is 8.92. The standard InChI is InChI=1S/C20H24F3N3O2S/c1-7-29(27,28)18-10-17(26(5)6)12(2)8-15(18)14(4)25-16-9-19(20(21,22)23)24-11-13(16)3/h8-11H,7H2,1-6H3. The molecule has 2 rings (SSSR count). The minimum absolute atomic E-state index is 0.0963. The molecule has 1 aromatic heterocycles. The molecule has 1 heterocycles. The molecule has 0 aliphatic rings. The van der Waals surface area contributed by atoms with Gasteiger partial charge in [-0.05, 0) is 50.1 Å². The number of aryl methyl sites for hydroxylation is 2. The van der Waals surface area contributed by atoms with Crippen LogP contribution in [0.2, 0.25) is 0 Å². The lowest BCUT2D eigenvalue weighted by Crippen LogP contribution is -2.15. The molecule has 0 fully saturated rings. The van der Waals surface area contributed by atoms with E-state index >= 15 is 0 Å². The highest BCUT2D eigenvalue weighted by molar-refractivity contribution is 7.91. The van der Waals surface area contributed by atoms with Gasteiger partial charge in [-0.25, -0.2) is 8.42 Å². The van der Waals surface area contributed by atoms with E-state index in [1.54, 1.807) is 32.9 Å². The van der Waals surface area contributed by atoms with Crippen LogP contribution >= 0.6 is 0 Å². The van der Waals surface area contributed by atoms with E-state index in [2.05, 4.69) is 9.98 Å². The van der Waals surface area contributed by atoms with Gasteiger partial charge < -0.3 is 4.90 Å². The average molecular weight is 427 g/mol. The van der Waals surface area contributed by atoms with Crippen molar-refractivity contribution in [3.05, 3.63) is 46.8 Å². The van der Waals surface area contributed by atoms with Gasteiger partial charge in [0.1, 0.15) is 5.69 Å². The summed E-state index contributed by atoms with van der Waals surface area (Å²) in [5, 5.41) is 0. The summed E-state index contributed by atoms with van der Waals surface area (Å²) in [6, 6.07) is 4.16. The monoisotopic (exact) mass is 427 g/mol.